The van der Waals surface area contributed by atoms with Crippen LogP contribution in [0.15, 0.2) is 41.5 Å². The number of rotatable bonds is 5. The van der Waals surface area contributed by atoms with E-state index in [1.807, 2.05) is 6.21 Å². The van der Waals surface area contributed by atoms with Crippen molar-refractivity contribution in [3.05, 3.63) is 63.2 Å². The topological polar surface area (TPSA) is 70.8 Å². The lowest BCUT2D eigenvalue weighted by Crippen LogP contribution is -2.51. The molecule has 1 aliphatic rings. The molecular formula is C23H30N4O2. The number of hydrogen-bond donors (Lipinski definition) is 1. The lowest BCUT2D eigenvalue weighted by atomic mass is 9.78. The van der Waals surface area contributed by atoms with Crippen molar-refractivity contribution < 1.29 is 4.92 Å². The van der Waals surface area contributed by atoms with Gasteiger partial charge in [0.2, 0.25) is 0 Å². The van der Waals surface area contributed by atoms with Gasteiger partial charge in [0.15, 0.2) is 0 Å². The van der Waals surface area contributed by atoms with Crippen molar-refractivity contribution in [3.8, 4) is 0 Å². The third kappa shape index (κ3) is 4.26. The summed E-state index contributed by atoms with van der Waals surface area (Å²) in [5, 5.41) is 15.1. The summed E-state index contributed by atoms with van der Waals surface area (Å²) in [5.41, 5.74) is 8.79. The summed E-state index contributed by atoms with van der Waals surface area (Å²) in [6, 6.07) is 11.2. The first-order chi connectivity index (χ1) is 13.6. The Morgan fingerprint density at radius 3 is 2.52 bits per heavy atom. The molecule has 0 amide bonds. The predicted molar refractivity (Wildman–Crippen MR) is 120 cm³/mol. The van der Waals surface area contributed by atoms with Gasteiger partial charge in [0.05, 0.1) is 16.8 Å². The highest BCUT2D eigenvalue weighted by atomic mass is 16.6. The maximum atomic E-state index is 10.8. The van der Waals surface area contributed by atoms with Crippen molar-refractivity contribution in [2.24, 2.45) is 5.10 Å². The molecule has 1 N–H and O–H groups in total. The summed E-state index contributed by atoms with van der Waals surface area (Å²) in [6.07, 6.45) is 2.93. The number of hydrazone groups is 1. The summed E-state index contributed by atoms with van der Waals surface area (Å²) < 4.78 is 0. The van der Waals surface area contributed by atoms with Crippen LogP contribution in [0.4, 0.5) is 17.1 Å². The van der Waals surface area contributed by atoms with Crippen LogP contribution in [0.5, 0.6) is 0 Å². The Labute approximate surface area is 172 Å². The van der Waals surface area contributed by atoms with Crippen LogP contribution < -0.4 is 10.3 Å². The van der Waals surface area contributed by atoms with Crippen LogP contribution in [0.2, 0.25) is 0 Å². The predicted octanol–water partition coefficient (Wildman–Crippen LogP) is 5.85. The quantitative estimate of drug-likeness (QED) is 0.392. The van der Waals surface area contributed by atoms with Crippen LogP contribution in [0.25, 0.3) is 0 Å². The maximum absolute atomic E-state index is 10.8. The molecular weight excluding hydrogens is 364 g/mol. The Kier molecular flexibility index (Phi) is 5.64. The van der Waals surface area contributed by atoms with Gasteiger partial charge in [-0.25, -0.2) is 0 Å². The minimum Gasteiger partial charge on any atom is -0.364 e. The van der Waals surface area contributed by atoms with E-state index in [9.17, 15) is 10.1 Å². The van der Waals surface area contributed by atoms with E-state index in [2.05, 4.69) is 69.1 Å². The molecule has 154 valence electrons. The lowest BCUT2D eigenvalue weighted by Gasteiger charge is -2.50. The van der Waals surface area contributed by atoms with E-state index in [1.54, 1.807) is 12.1 Å². The zero-order chi connectivity index (χ0) is 21.3. The normalized spacial score (nSPS) is 18.2. The molecule has 3 rings (SSSR count). The molecule has 1 aliphatic heterocycles. The molecule has 0 fully saturated rings. The van der Waals surface area contributed by atoms with Gasteiger partial charge in [0.25, 0.3) is 5.69 Å². The molecule has 0 saturated heterocycles. The van der Waals surface area contributed by atoms with Crippen molar-refractivity contribution in [2.45, 2.75) is 65.5 Å². The third-order valence-corrected chi connectivity index (χ3v) is 5.66. The van der Waals surface area contributed by atoms with Crippen LogP contribution in [-0.4, -0.2) is 22.7 Å². The molecule has 1 unspecified atom stereocenters. The highest BCUT2D eigenvalue weighted by Crippen LogP contribution is 2.45. The Hall–Kier alpha value is -2.89. The van der Waals surface area contributed by atoms with Crippen molar-refractivity contribution in [1.29, 1.82) is 0 Å². The number of hydrogen-bond acceptors (Lipinski definition) is 5. The number of benzene rings is 2. The van der Waals surface area contributed by atoms with E-state index < -0.39 is 4.92 Å². The maximum Gasteiger partial charge on any atom is 0.269 e. The van der Waals surface area contributed by atoms with Gasteiger partial charge >= 0.3 is 0 Å². The average molecular weight is 395 g/mol. The minimum absolute atomic E-state index is 0.0664. The summed E-state index contributed by atoms with van der Waals surface area (Å²) in [5.74, 6) is 0.477. The molecule has 1 atom stereocenters. The average Bonchev–Trinajstić information content (AvgIpc) is 2.62. The Balaban J connectivity index is 1.85. The second kappa shape index (κ2) is 7.85. The minimum atomic E-state index is -0.410. The zero-order valence-corrected chi connectivity index (χ0v) is 18.1. The number of non-ortho nitro benzene ring substituents is 1. The van der Waals surface area contributed by atoms with Gasteiger partial charge in [-0.3, -0.25) is 15.5 Å². The first kappa shape index (κ1) is 20.8. The molecule has 2 aromatic rings. The highest BCUT2D eigenvalue weighted by Gasteiger charge is 2.37. The van der Waals surface area contributed by atoms with Crippen LogP contribution in [0, 0.1) is 17.0 Å². The molecule has 1 heterocycles. The summed E-state index contributed by atoms with van der Waals surface area (Å²) >= 11 is 0. The molecule has 29 heavy (non-hydrogen) atoms. The lowest BCUT2D eigenvalue weighted by molar-refractivity contribution is -0.384. The van der Waals surface area contributed by atoms with E-state index in [-0.39, 0.29) is 11.2 Å². The van der Waals surface area contributed by atoms with E-state index >= 15 is 0 Å². The molecule has 0 aromatic heterocycles. The number of aryl methyl sites for hydroxylation is 1. The van der Waals surface area contributed by atoms with E-state index in [1.165, 1.54) is 28.9 Å². The van der Waals surface area contributed by atoms with Gasteiger partial charge in [-0.1, -0.05) is 6.92 Å². The summed E-state index contributed by atoms with van der Waals surface area (Å²) in [4.78, 5) is 12.9. The van der Waals surface area contributed by atoms with E-state index in [0.717, 1.165) is 12.0 Å². The molecule has 0 radical (unpaired) electrons. The molecule has 0 bridgehead atoms. The number of nitrogens with zero attached hydrogens (tertiary/aromatic N) is 3. The Morgan fingerprint density at radius 2 is 1.93 bits per heavy atom. The number of anilines is 2. The molecule has 2 aromatic carbocycles. The second-order valence-electron chi connectivity index (χ2n) is 8.82. The standard InChI is InChI=1S/C23H30N4O2/c1-15(2)26-22-11-16(3)18(12-21(22)17(4)13-23(26,5)6)14-24-25-19-7-9-20(10-8-19)27(28)29/h7-12,14-15,17,25H,13H2,1-6H3/b24-14+. The van der Waals surface area contributed by atoms with Crippen molar-refractivity contribution >= 4 is 23.3 Å². The van der Waals surface area contributed by atoms with Gasteiger partial charge in [-0.15, -0.1) is 0 Å². The number of nitrogens with one attached hydrogen (secondary N) is 1. The van der Waals surface area contributed by atoms with E-state index in [4.69, 9.17) is 0 Å². The van der Waals surface area contributed by atoms with Crippen LogP contribution in [0.1, 0.15) is 63.6 Å². The van der Waals surface area contributed by atoms with Crippen molar-refractivity contribution in [2.75, 3.05) is 10.3 Å². The molecule has 0 saturated carbocycles. The smallest absolute Gasteiger partial charge is 0.269 e. The van der Waals surface area contributed by atoms with Crippen LogP contribution >= 0.6 is 0 Å². The number of nitro groups is 1. The van der Waals surface area contributed by atoms with Gasteiger partial charge in [0.1, 0.15) is 0 Å². The highest BCUT2D eigenvalue weighted by molar-refractivity contribution is 5.84. The fraction of sp³-hybridized carbons (Fsp3) is 0.435. The van der Waals surface area contributed by atoms with Crippen molar-refractivity contribution in [3.63, 3.8) is 0 Å². The van der Waals surface area contributed by atoms with Crippen molar-refractivity contribution in [1.82, 2.24) is 0 Å². The fourth-order valence-corrected chi connectivity index (χ4v) is 4.56. The number of nitro benzene ring substituents is 1. The molecule has 6 heteroatoms. The molecule has 6 nitrogen and oxygen atoms in total. The van der Waals surface area contributed by atoms with Crippen LogP contribution in [0.3, 0.4) is 0 Å². The van der Waals surface area contributed by atoms with E-state index in [0.29, 0.717) is 17.6 Å². The SMILES string of the molecule is Cc1cc2c(cc1/C=N/Nc1ccc([N+](=O)[O-])cc1)C(C)CC(C)(C)N2C(C)C. The first-order valence-electron chi connectivity index (χ1n) is 10.1. The first-order valence-corrected chi connectivity index (χ1v) is 10.1. The largest absolute Gasteiger partial charge is 0.364 e. The Bertz CT molecular complexity index is 933. The summed E-state index contributed by atoms with van der Waals surface area (Å²) in [7, 11) is 0. The van der Waals surface area contributed by atoms with Gasteiger partial charge in [-0.05, 0) is 87.9 Å². The van der Waals surface area contributed by atoms with Crippen LogP contribution in [-0.2, 0) is 0 Å². The number of fused-ring (bicyclic) bond motifs is 1. The fourth-order valence-electron chi connectivity index (χ4n) is 4.56. The van der Waals surface area contributed by atoms with Gasteiger partial charge in [-0.2, -0.15) is 5.10 Å². The third-order valence-electron chi connectivity index (χ3n) is 5.66. The van der Waals surface area contributed by atoms with Gasteiger partial charge in [0, 0.05) is 29.4 Å². The second-order valence-corrected chi connectivity index (χ2v) is 8.82. The zero-order valence-electron chi connectivity index (χ0n) is 18.1. The molecule has 0 spiro atoms. The Morgan fingerprint density at radius 1 is 1.28 bits per heavy atom. The molecule has 0 aliphatic carbocycles. The monoisotopic (exact) mass is 394 g/mol. The van der Waals surface area contributed by atoms with Gasteiger partial charge < -0.3 is 4.90 Å². The summed E-state index contributed by atoms with van der Waals surface area (Å²) in [6.45, 7) is 13.6.